The lowest BCUT2D eigenvalue weighted by molar-refractivity contribution is 0.0949. The van der Waals surface area contributed by atoms with Crippen LogP contribution in [-0.2, 0) is 0 Å². The molecule has 0 aliphatic carbocycles. The number of hydrogen-bond donors (Lipinski definition) is 1. The highest BCUT2D eigenvalue weighted by Crippen LogP contribution is 2.06. The van der Waals surface area contributed by atoms with Crippen molar-refractivity contribution in [3.8, 4) is 0 Å². The molecule has 2 aromatic heterocycles. The van der Waals surface area contributed by atoms with E-state index in [0.717, 1.165) is 6.42 Å². The summed E-state index contributed by atoms with van der Waals surface area (Å²) in [6, 6.07) is 2.85. The van der Waals surface area contributed by atoms with Gasteiger partial charge in [-0.1, -0.05) is 6.92 Å². The number of carbonyl (C=O) groups excluding carboxylic acids is 1. The van der Waals surface area contributed by atoms with Crippen molar-refractivity contribution in [2.45, 2.75) is 13.3 Å². The van der Waals surface area contributed by atoms with Gasteiger partial charge in [-0.25, -0.2) is 9.37 Å². The molecule has 2 heterocycles. The zero-order valence-corrected chi connectivity index (χ0v) is 8.90. The van der Waals surface area contributed by atoms with E-state index >= 15 is 0 Å². The Kier molecular flexibility index (Phi) is 2.85. The number of rotatable bonds is 3. The highest BCUT2D eigenvalue weighted by molar-refractivity contribution is 5.92. The molecule has 0 aliphatic rings. The average molecular weight is 221 g/mol. The second-order valence-corrected chi connectivity index (χ2v) is 3.49. The third-order valence-electron chi connectivity index (χ3n) is 2.18. The van der Waals surface area contributed by atoms with Crippen LogP contribution >= 0.6 is 0 Å². The molecule has 0 bridgehead atoms. The van der Waals surface area contributed by atoms with Gasteiger partial charge in [-0.3, -0.25) is 4.79 Å². The topological polar surface area (TPSA) is 46.4 Å². The largest absolute Gasteiger partial charge is 0.351 e. The summed E-state index contributed by atoms with van der Waals surface area (Å²) in [6.07, 6.45) is 3.68. The Morgan fingerprint density at radius 2 is 2.31 bits per heavy atom. The van der Waals surface area contributed by atoms with Crippen molar-refractivity contribution in [2.24, 2.45) is 0 Å². The minimum atomic E-state index is -0.356. The fraction of sp³-hybridized carbons (Fsp3) is 0.273. The smallest absolute Gasteiger partial charge is 0.271 e. The Bertz CT molecular complexity index is 521. The summed E-state index contributed by atoms with van der Waals surface area (Å²) in [7, 11) is 0. The molecule has 0 unspecified atom stereocenters. The van der Waals surface area contributed by atoms with Crippen molar-refractivity contribution in [3.05, 3.63) is 36.0 Å². The van der Waals surface area contributed by atoms with Crippen LogP contribution in [0.1, 0.15) is 23.8 Å². The molecular formula is C11H12FN3O. The summed E-state index contributed by atoms with van der Waals surface area (Å²) < 4.78 is 14.4. The number of pyridine rings is 1. The maximum absolute atomic E-state index is 12.9. The summed E-state index contributed by atoms with van der Waals surface area (Å²) in [5, 5.41) is 2.72. The molecule has 2 aromatic rings. The van der Waals surface area contributed by atoms with Crippen LogP contribution in [0.15, 0.2) is 24.5 Å². The lowest BCUT2D eigenvalue weighted by atomic mass is 10.4. The predicted octanol–water partition coefficient (Wildman–Crippen LogP) is 1.61. The molecule has 0 atom stereocenters. The van der Waals surface area contributed by atoms with Gasteiger partial charge in [0.15, 0.2) is 0 Å². The van der Waals surface area contributed by atoms with Crippen molar-refractivity contribution in [1.29, 1.82) is 0 Å². The third-order valence-corrected chi connectivity index (χ3v) is 2.18. The first-order chi connectivity index (χ1) is 7.70. The molecule has 0 saturated heterocycles. The lowest BCUT2D eigenvalue weighted by Crippen LogP contribution is -2.24. The van der Waals surface area contributed by atoms with Gasteiger partial charge in [-0.05, 0) is 18.6 Å². The Morgan fingerprint density at radius 3 is 3.06 bits per heavy atom. The zero-order valence-electron chi connectivity index (χ0n) is 8.90. The van der Waals surface area contributed by atoms with Crippen molar-refractivity contribution in [1.82, 2.24) is 14.7 Å². The van der Waals surface area contributed by atoms with E-state index in [2.05, 4.69) is 10.3 Å². The van der Waals surface area contributed by atoms with Crippen molar-refractivity contribution < 1.29 is 9.18 Å². The molecule has 0 aromatic carbocycles. The van der Waals surface area contributed by atoms with E-state index in [0.29, 0.717) is 17.9 Å². The number of imidazole rings is 1. The van der Waals surface area contributed by atoms with Gasteiger partial charge in [0, 0.05) is 18.9 Å². The first kappa shape index (κ1) is 10.6. The second-order valence-electron chi connectivity index (χ2n) is 3.49. The van der Waals surface area contributed by atoms with Gasteiger partial charge in [0.1, 0.15) is 17.2 Å². The maximum Gasteiger partial charge on any atom is 0.271 e. The van der Waals surface area contributed by atoms with Crippen LogP contribution in [0.5, 0.6) is 0 Å². The third kappa shape index (κ3) is 2.03. The summed E-state index contributed by atoms with van der Waals surface area (Å²) in [6.45, 7) is 2.58. The van der Waals surface area contributed by atoms with Crippen molar-refractivity contribution >= 4 is 11.6 Å². The summed E-state index contributed by atoms with van der Waals surface area (Å²) in [5.41, 5.74) is 0.863. The summed E-state index contributed by atoms with van der Waals surface area (Å²) in [4.78, 5) is 15.7. The van der Waals surface area contributed by atoms with Crippen molar-refractivity contribution in [2.75, 3.05) is 6.54 Å². The van der Waals surface area contributed by atoms with E-state index in [1.807, 2.05) is 6.92 Å². The maximum atomic E-state index is 12.9. The van der Waals surface area contributed by atoms with Gasteiger partial charge in [0.2, 0.25) is 0 Å². The minimum Gasteiger partial charge on any atom is -0.351 e. The number of carbonyl (C=O) groups is 1. The van der Waals surface area contributed by atoms with Gasteiger partial charge in [-0.2, -0.15) is 0 Å². The predicted molar refractivity (Wildman–Crippen MR) is 57.8 cm³/mol. The molecular weight excluding hydrogens is 209 g/mol. The normalized spacial score (nSPS) is 10.6. The highest BCUT2D eigenvalue weighted by atomic mass is 19.1. The molecule has 0 radical (unpaired) electrons. The molecule has 0 saturated carbocycles. The Labute approximate surface area is 92.1 Å². The Hall–Kier alpha value is -1.91. The van der Waals surface area contributed by atoms with Gasteiger partial charge in [0.05, 0.1) is 0 Å². The van der Waals surface area contributed by atoms with Crippen LogP contribution in [0.25, 0.3) is 5.65 Å². The number of nitrogens with one attached hydrogen (secondary N) is 1. The second kappa shape index (κ2) is 4.30. The number of nitrogens with zero attached hydrogens (tertiary/aromatic N) is 2. The number of amides is 1. The molecule has 16 heavy (non-hydrogen) atoms. The molecule has 84 valence electrons. The molecule has 1 amide bonds. The van der Waals surface area contributed by atoms with E-state index in [1.54, 1.807) is 0 Å². The summed E-state index contributed by atoms with van der Waals surface area (Å²) in [5.74, 6) is -0.587. The molecule has 5 heteroatoms. The van der Waals surface area contributed by atoms with Crippen LogP contribution in [-0.4, -0.2) is 21.8 Å². The van der Waals surface area contributed by atoms with E-state index < -0.39 is 0 Å². The Balaban J connectivity index is 2.28. The Morgan fingerprint density at radius 1 is 1.50 bits per heavy atom. The van der Waals surface area contributed by atoms with Crippen LogP contribution in [0.4, 0.5) is 4.39 Å². The van der Waals surface area contributed by atoms with Gasteiger partial charge < -0.3 is 9.72 Å². The average Bonchev–Trinajstić information content (AvgIpc) is 2.68. The zero-order chi connectivity index (χ0) is 11.5. The molecule has 0 fully saturated rings. The molecule has 2 rings (SSSR count). The number of aromatic nitrogens is 2. The standard InChI is InChI=1S/C11H12FN3O/c1-2-5-13-11(16)9-7-15-6-8(12)3-4-10(15)14-9/h3-4,6-7H,2,5H2,1H3,(H,13,16). The fourth-order valence-corrected chi connectivity index (χ4v) is 1.40. The lowest BCUT2D eigenvalue weighted by Gasteiger charge is -1.98. The minimum absolute atomic E-state index is 0.231. The molecule has 0 spiro atoms. The van der Waals surface area contributed by atoms with E-state index in [-0.39, 0.29) is 11.7 Å². The fourth-order valence-electron chi connectivity index (χ4n) is 1.40. The van der Waals surface area contributed by atoms with Crippen LogP contribution in [0.2, 0.25) is 0 Å². The summed E-state index contributed by atoms with van der Waals surface area (Å²) >= 11 is 0. The van der Waals surface area contributed by atoms with Gasteiger partial charge in [0.25, 0.3) is 5.91 Å². The van der Waals surface area contributed by atoms with E-state index in [9.17, 15) is 9.18 Å². The van der Waals surface area contributed by atoms with Crippen LogP contribution in [0, 0.1) is 5.82 Å². The SMILES string of the molecule is CCCNC(=O)c1cn2cc(F)ccc2n1. The first-order valence-corrected chi connectivity index (χ1v) is 5.13. The van der Waals surface area contributed by atoms with E-state index in [1.165, 1.54) is 28.9 Å². The monoisotopic (exact) mass is 221 g/mol. The molecule has 4 nitrogen and oxygen atoms in total. The van der Waals surface area contributed by atoms with Gasteiger partial charge >= 0.3 is 0 Å². The first-order valence-electron chi connectivity index (χ1n) is 5.13. The van der Waals surface area contributed by atoms with Gasteiger partial charge in [-0.15, -0.1) is 0 Å². The number of fused-ring (bicyclic) bond motifs is 1. The van der Waals surface area contributed by atoms with E-state index in [4.69, 9.17) is 0 Å². The molecule has 0 aliphatic heterocycles. The molecule has 1 N–H and O–H groups in total. The quantitative estimate of drug-likeness (QED) is 0.855. The highest BCUT2D eigenvalue weighted by Gasteiger charge is 2.09. The van der Waals surface area contributed by atoms with Crippen molar-refractivity contribution in [3.63, 3.8) is 0 Å². The van der Waals surface area contributed by atoms with Crippen LogP contribution < -0.4 is 5.32 Å². The van der Waals surface area contributed by atoms with Crippen LogP contribution in [0.3, 0.4) is 0 Å². The number of halogens is 1. The number of hydrogen-bond acceptors (Lipinski definition) is 2.